The molecule has 0 aliphatic carbocycles. The first-order valence-corrected chi connectivity index (χ1v) is 7.84. The predicted molar refractivity (Wildman–Crippen MR) is 96.1 cm³/mol. The standard InChI is InChI=1S/C17H16Cl2N2O3/c1-10-3-4-11(18)7-14(10)21-17(23)9-16(22)20-12-5-6-15(24-2)13(19)8-12/h3-8H,9H2,1-2H3,(H,20,22)(H,21,23). The van der Waals surface area contributed by atoms with Gasteiger partial charge in [0.2, 0.25) is 11.8 Å². The van der Waals surface area contributed by atoms with Gasteiger partial charge in [-0.15, -0.1) is 0 Å². The lowest BCUT2D eigenvalue weighted by atomic mass is 10.2. The average Bonchev–Trinajstić information content (AvgIpc) is 2.51. The van der Waals surface area contributed by atoms with Crippen molar-refractivity contribution in [2.75, 3.05) is 17.7 Å². The molecule has 2 rings (SSSR count). The largest absolute Gasteiger partial charge is 0.495 e. The molecule has 0 bridgehead atoms. The van der Waals surface area contributed by atoms with Crippen LogP contribution in [0.15, 0.2) is 36.4 Å². The van der Waals surface area contributed by atoms with Crippen LogP contribution in [0.2, 0.25) is 10.0 Å². The molecule has 0 aliphatic heterocycles. The van der Waals surface area contributed by atoms with Crippen molar-refractivity contribution in [2.24, 2.45) is 0 Å². The Morgan fingerprint density at radius 3 is 2.42 bits per heavy atom. The number of rotatable bonds is 5. The topological polar surface area (TPSA) is 67.4 Å². The second-order valence-electron chi connectivity index (χ2n) is 5.08. The molecular weight excluding hydrogens is 351 g/mol. The molecule has 0 radical (unpaired) electrons. The molecule has 2 amide bonds. The molecule has 24 heavy (non-hydrogen) atoms. The third-order valence-corrected chi connectivity index (χ3v) is 3.76. The molecule has 0 fully saturated rings. The number of halogens is 2. The highest BCUT2D eigenvalue weighted by molar-refractivity contribution is 6.32. The van der Waals surface area contributed by atoms with Crippen molar-refractivity contribution < 1.29 is 14.3 Å². The van der Waals surface area contributed by atoms with Crippen LogP contribution in [0.1, 0.15) is 12.0 Å². The van der Waals surface area contributed by atoms with Crippen LogP contribution in [0.4, 0.5) is 11.4 Å². The zero-order valence-corrected chi connectivity index (χ0v) is 14.7. The highest BCUT2D eigenvalue weighted by Crippen LogP contribution is 2.27. The Morgan fingerprint density at radius 2 is 1.75 bits per heavy atom. The molecule has 0 heterocycles. The van der Waals surface area contributed by atoms with Gasteiger partial charge in [-0.05, 0) is 42.8 Å². The zero-order valence-electron chi connectivity index (χ0n) is 13.2. The predicted octanol–water partition coefficient (Wildman–Crippen LogP) is 4.28. The van der Waals surface area contributed by atoms with Gasteiger partial charge in [0.05, 0.1) is 12.1 Å². The summed E-state index contributed by atoms with van der Waals surface area (Å²) in [5.74, 6) is -0.380. The van der Waals surface area contributed by atoms with Crippen LogP contribution in [0.5, 0.6) is 5.75 Å². The number of carbonyl (C=O) groups excluding carboxylic acids is 2. The minimum Gasteiger partial charge on any atom is -0.495 e. The van der Waals surface area contributed by atoms with E-state index in [2.05, 4.69) is 10.6 Å². The Kier molecular flexibility index (Phi) is 6.06. The van der Waals surface area contributed by atoms with Crippen molar-refractivity contribution in [3.63, 3.8) is 0 Å². The molecule has 0 saturated carbocycles. The highest BCUT2D eigenvalue weighted by Gasteiger charge is 2.12. The number of anilines is 2. The van der Waals surface area contributed by atoms with Gasteiger partial charge in [-0.1, -0.05) is 29.3 Å². The van der Waals surface area contributed by atoms with Crippen molar-refractivity contribution in [1.29, 1.82) is 0 Å². The Morgan fingerprint density at radius 1 is 1.04 bits per heavy atom. The number of methoxy groups -OCH3 is 1. The summed E-state index contributed by atoms with van der Waals surface area (Å²) in [7, 11) is 1.50. The lowest BCUT2D eigenvalue weighted by Crippen LogP contribution is -2.21. The first-order valence-electron chi connectivity index (χ1n) is 7.08. The Hall–Kier alpha value is -2.24. The van der Waals surface area contributed by atoms with Gasteiger partial charge < -0.3 is 15.4 Å². The number of hydrogen-bond donors (Lipinski definition) is 2. The number of aryl methyl sites for hydroxylation is 1. The zero-order chi connectivity index (χ0) is 17.7. The minimum atomic E-state index is -0.451. The molecule has 0 aliphatic rings. The van der Waals surface area contributed by atoms with E-state index < -0.39 is 11.8 Å². The van der Waals surface area contributed by atoms with E-state index in [1.165, 1.54) is 7.11 Å². The fraction of sp³-hybridized carbons (Fsp3) is 0.176. The van der Waals surface area contributed by atoms with E-state index in [4.69, 9.17) is 27.9 Å². The number of ether oxygens (including phenoxy) is 1. The minimum absolute atomic E-state index is 0.324. The molecular formula is C17H16Cl2N2O3. The van der Waals surface area contributed by atoms with Crippen LogP contribution >= 0.6 is 23.2 Å². The summed E-state index contributed by atoms with van der Waals surface area (Å²) in [6.07, 6.45) is -0.324. The SMILES string of the molecule is COc1ccc(NC(=O)CC(=O)Nc2cc(Cl)ccc2C)cc1Cl. The third-order valence-electron chi connectivity index (χ3n) is 3.23. The average molecular weight is 367 g/mol. The van der Waals surface area contributed by atoms with Gasteiger partial charge in [0.1, 0.15) is 12.2 Å². The van der Waals surface area contributed by atoms with E-state index >= 15 is 0 Å². The molecule has 5 nitrogen and oxygen atoms in total. The van der Waals surface area contributed by atoms with Gasteiger partial charge >= 0.3 is 0 Å². The monoisotopic (exact) mass is 366 g/mol. The second-order valence-corrected chi connectivity index (χ2v) is 5.93. The summed E-state index contributed by atoms with van der Waals surface area (Å²) >= 11 is 11.9. The van der Waals surface area contributed by atoms with Gasteiger partial charge in [0.25, 0.3) is 0 Å². The Labute approximate surface area is 149 Å². The fourth-order valence-corrected chi connectivity index (χ4v) is 2.45. The fourth-order valence-electron chi connectivity index (χ4n) is 2.02. The molecule has 0 saturated heterocycles. The summed E-state index contributed by atoms with van der Waals surface area (Å²) in [5, 5.41) is 6.16. The van der Waals surface area contributed by atoms with Crippen molar-refractivity contribution >= 4 is 46.4 Å². The van der Waals surface area contributed by atoms with Crippen LogP contribution in [-0.4, -0.2) is 18.9 Å². The third kappa shape index (κ3) is 4.88. The molecule has 126 valence electrons. The maximum absolute atomic E-state index is 12.0. The number of benzene rings is 2. The van der Waals surface area contributed by atoms with Crippen LogP contribution in [-0.2, 0) is 9.59 Å². The Balaban J connectivity index is 1.95. The van der Waals surface area contributed by atoms with Crippen molar-refractivity contribution in [2.45, 2.75) is 13.3 Å². The Bertz CT molecular complexity index is 778. The molecule has 0 aromatic heterocycles. The second kappa shape index (κ2) is 8.04. The van der Waals surface area contributed by atoms with Gasteiger partial charge in [0, 0.05) is 16.4 Å². The van der Waals surface area contributed by atoms with E-state index in [9.17, 15) is 9.59 Å². The van der Waals surface area contributed by atoms with Gasteiger partial charge in [0.15, 0.2) is 0 Å². The van der Waals surface area contributed by atoms with E-state index in [0.29, 0.717) is 27.2 Å². The molecule has 0 unspecified atom stereocenters. The highest BCUT2D eigenvalue weighted by atomic mass is 35.5. The van der Waals surface area contributed by atoms with Gasteiger partial charge in [-0.2, -0.15) is 0 Å². The van der Waals surface area contributed by atoms with E-state index in [0.717, 1.165) is 5.56 Å². The summed E-state index contributed by atoms with van der Waals surface area (Å²) in [4.78, 5) is 23.9. The molecule has 0 atom stereocenters. The van der Waals surface area contributed by atoms with Crippen LogP contribution in [0, 0.1) is 6.92 Å². The lowest BCUT2D eigenvalue weighted by Gasteiger charge is -2.10. The van der Waals surface area contributed by atoms with E-state index in [1.807, 2.05) is 6.92 Å². The number of nitrogens with one attached hydrogen (secondary N) is 2. The van der Waals surface area contributed by atoms with Crippen molar-refractivity contribution in [3.05, 3.63) is 52.0 Å². The van der Waals surface area contributed by atoms with Gasteiger partial charge in [-0.3, -0.25) is 9.59 Å². The molecule has 0 spiro atoms. The normalized spacial score (nSPS) is 10.2. The lowest BCUT2D eigenvalue weighted by molar-refractivity contribution is -0.123. The summed E-state index contributed by atoms with van der Waals surface area (Å²) < 4.78 is 5.04. The number of carbonyl (C=O) groups is 2. The maximum atomic E-state index is 12.0. The van der Waals surface area contributed by atoms with Crippen molar-refractivity contribution in [1.82, 2.24) is 0 Å². The maximum Gasteiger partial charge on any atom is 0.233 e. The van der Waals surface area contributed by atoms with E-state index in [1.54, 1.807) is 36.4 Å². The van der Waals surface area contributed by atoms with E-state index in [-0.39, 0.29) is 6.42 Å². The molecule has 2 aromatic carbocycles. The molecule has 2 aromatic rings. The number of hydrogen-bond acceptors (Lipinski definition) is 3. The van der Waals surface area contributed by atoms with Crippen LogP contribution in [0.3, 0.4) is 0 Å². The smallest absolute Gasteiger partial charge is 0.233 e. The summed E-state index contributed by atoms with van der Waals surface area (Å²) in [6, 6.07) is 9.98. The summed E-state index contributed by atoms with van der Waals surface area (Å²) in [5.41, 5.74) is 1.92. The first kappa shape index (κ1) is 18.1. The van der Waals surface area contributed by atoms with Crippen LogP contribution < -0.4 is 15.4 Å². The summed E-state index contributed by atoms with van der Waals surface area (Å²) in [6.45, 7) is 1.84. The molecule has 7 heteroatoms. The van der Waals surface area contributed by atoms with Crippen LogP contribution in [0.25, 0.3) is 0 Å². The van der Waals surface area contributed by atoms with Crippen molar-refractivity contribution in [3.8, 4) is 5.75 Å². The first-order chi connectivity index (χ1) is 11.4. The molecule has 2 N–H and O–H groups in total. The number of amides is 2. The quantitative estimate of drug-likeness (QED) is 0.776. The van der Waals surface area contributed by atoms with Gasteiger partial charge in [-0.25, -0.2) is 0 Å².